The van der Waals surface area contributed by atoms with Gasteiger partial charge in [0.15, 0.2) is 0 Å². The lowest BCUT2D eigenvalue weighted by atomic mass is 9.79. The van der Waals surface area contributed by atoms with E-state index in [4.69, 9.17) is 0 Å². The van der Waals surface area contributed by atoms with Crippen LogP contribution in [0, 0.1) is 0 Å². The Bertz CT molecular complexity index is 532. The molecule has 92 valence electrons. The molecule has 1 heterocycles. The van der Waals surface area contributed by atoms with Gasteiger partial charge in [0.1, 0.15) is 0 Å². The normalized spacial score (nSPS) is 22.7. The molecule has 0 saturated carbocycles. The molecule has 0 aromatic heterocycles. The van der Waals surface area contributed by atoms with Crippen LogP contribution in [0.15, 0.2) is 54.6 Å². The van der Waals surface area contributed by atoms with Crippen LogP contribution in [0.3, 0.4) is 0 Å². The summed E-state index contributed by atoms with van der Waals surface area (Å²) in [5, 5.41) is 0. The molecule has 18 heavy (non-hydrogen) atoms. The van der Waals surface area contributed by atoms with Crippen molar-refractivity contribution in [1.82, 2.24) is 0 Å². The topological polar surface area (TPSA) is 3.24 Å². The fraction of sp³-hybridized carbons (Fsp3) is 0.294. The van der Waals surface area contributed by atoms with E-state index in [2.05, 4.69) is 73.5 Å². The highest BCUT2D eigenvalue weighted by Crippen LogP contribution is 2.42. The molecule has 1 aliphatic heterocycles. The van der Waals surface area contributed by atoms with Gasteiger partial charge in [-0.2, -0.15) is 0 Å². The summed E-state index contributed by atoms with van der Waals surface area (Å²) in [7, 11) is 2.20. The second-order valence-corrected chi connectivity index (χ2v) is 5.25. The van der Waals surface area contributed by atoms with Crippen molar-refractivity contribution in [3.63, 3.8) is 0 Å². The van der Waals surface area contributed by atoms with Gasteiger partial charge in [0, 0.05) is 25.2 Å². The molecule has 3 rings (SSSR count). The molecule has 0 aliphatic carbocycles. The van der Waals surface area contributed by atoms with Crippen LogP contribution >= 0.6 is 0 Å². The molecular weight excluding hydrogens is 218 g/mol. The number of benzene rings is 2. The zero-order valence-corrected chi connectivity index (χ0v) is 11.0. The number of para-hydroxylation sites is 1. The highest BCUT2D eigenvalue weighted by molar-refractivity contribution is 5.58. The van der Waals surface area contributed by atoms with E-state index in [1.807, 2.05) is 0 Å². The monoisotopic (exact) mass is 237 g/mol. The van der Waals surface area contributed by atoms with Crippen LogP contribution in [-0.2, 0) is 0 Å². The molecule has 1 nitrogen and oxygen atoms in total. The van der Waals surface area contributed by atoms with Crippen LogP contribution in [0.2, 0.25) is 0 Å². The first-order chi connectivity index (χ1) is 8.77. The zero-order valence-electron chi connectivity index (χ0n) is 11.0. The summed E-state index contributed by atoms with van der Waals surface area (Å²) >= 11 is 0. The summed E-state index contributed by atoms with van der Waals surface area (Å²) in [4.78, 5) is 2.38. The Balaban J connectivity index is 2.02. The number of hydrogen-bond acceptors (Lipinski definition) is 1. The van der Waals surface area contributed by atoms with Crippen LogP contribution in [0.25, 0.3) is 0 Å². The third kappa shape index (κ3) is 1.80. The van der Waals surface area contributed by atoms with E-state index < -0.39 is 0 Å². The van der Waals surface area contributed by atoms with Gasteiger partial charge >= 0.3 is 0 Å². The van der Waals surface area contributed by atoms with Crippen molar-refractivity contribution < 1.29 is 0 Å². The molecule has 0 amide bonds. The maximum Gasteiger partial charge on any atom is 0.0399 e. The number of likely N-dealkylation sites (N-methyl/N-ethyl adjacent to an activating group) is 1. The third-order valence-corrected chi connectivity index (χ3v) is 4.14. The summed E-state index contributed by atoms with van der Waals surface area (Å²) in [6, 6.07) is 19.7. The molecule has 2 aromatic carbocycles. The van der Waals surface area contributed by atoms with Crippen molar-refractivity contribution >= 4 is 5.69 Å². The zero-order chi connectivity index (χ0) is 12.5. The van der Waals surface area contributed by atoms with Gasteiger partial charge in [0.05, 0.1) is 0 Å². The molecule has 0 fully saturated rings. The average molecular weight is 237 g/mol. The standard InChI is InChI=1S/C17H19N/c1-13-15-10-6-7-11-17(15)18(2)12-16(13)14-8-4-3-5-9-14/h3-11,13,16H,12H2,1-2H3. The van der Waals surface area contributed by atoms with E-state index in [0.717, 1.165) is 6.54 Å². The highest BCUT2D eigenvalue weighted by Gasteiger charge is 2.29. The number of anilines is 1. The van der Waals surface area contributed by atoms with Crippen LogP contribution < -0.4 is 4.90 Å². The van der Waals surface area contributed by atoms with Crippen molar-refractivity contribution in [3.8, 4) is 0 Å². The molecule has 0 bridgehead atoms. The maximum atomic E-state index is 2.38. The van der Waals surface area contributed by atoms with Crippen molar-refractivity contribution in [2.24, 2.45) is 0 Å². The van der Waals surface area contributed by atoms with E-state index in [0.29, 0.717) is 11.8 Å². The molecule has 0 radical (unpaired) electrons. The van der Waals surface area contributed by atoms with Gasteiger partial charge in [-0.1, -0.05) is 55.5 Å². The first-order valence-electron chi connectivity index (χ1n) is 6.62. The van der Waals surface area contributed by atoms with Crippen molar-refractivity contribution in [3.05, 3.63) is 65.7 Å². The summed E-state index contributed by atoms with van der Waals surface area (Å²) in [5.41, 5.74) is 4.31. The maximum absolute atomic E-state index is 2.38. The van der Waals surface area contributed by atoms with Crippen molar-refractivity contribution in [1.29, 1.82) is 0 Å². The lowest BCUT2D eigenvalue weighted by Crippen LogP contribution is -2.32. The Morgan fingerprint density at radius 3 is 2.39 bits per heavy atom. The number of nitrogens with zero attached hydrogens (tertiary/aromatic N) is 1. The van der Waals surface area contributed by atoms with E-state index >= 15 is 0 Å². The Kier molecular flexibility index (Phi) is 2.83. The van der Waals surface area contributed by atoms with Crippen molar-refractivity contribution in [2.75, 3.05) is 18.5 Å². The van der Waals surface area contributed by atoms with E-state index in [-0.39, 0.29) is 0 Å². The number of rotatable bonds is 1. The Labute approximate surface area is 109 Å². The lowest BCUT2D eigenvalue weighted by Gasteiger charge is -2.38. The van der Waals surface area contributed by atoms with Crippen LogP contribution in [0.1, 0.15) is 29.9 Å². The quantitative estimate of drug-likeness (QED) is 0.724. The summed E-state index contributed by atoms with van der Waals surface area (Å²) < 4.78 is 0. The third-order valence-electron chi connectivity index (χ3n) is 4.14. The molecule has 0 saturated heterocycles. The molecule has 2 atom stereocenters. The van der Waals surface area contributed by atoms with Gasteiger partial charge in [0.25, 0.3) is 0 Å². The van der Waals surface area contributed by atoms with Gasteiger partial charge in [-0.25, -0.2) is 0 Å². The Morgan fingerprint density at radius 2 is 1.61 bits per heavy atom. The van der Waals surface area contributed by atoms with Gasteiger partial charge in [-0.3, -0.25) is 0 Å². The first-order valence-corrected chi connectivity index (χ1v) is 6.62. The molecule has 2 unspecified atom stereocenters. The molecular formula is C17H19N. The highest BCUT2D eigenvalue weighted by atomic mass is 15.1. The van der Waals surface area contributed by atoms with Crippen LogP contribution in [0.4, 0.5) is 5.69 Å². The number of hydrogen-bond donors (Lipinski definition) is 0. The van der Waals surface area contributed by atoms with Gasteiger partial charge < -0.3 is 4.90 Å². The predicted molar refractivity (Wildman–Crippen MR) is 77.3 cm³/mol. The largest absolute Gasteiger partial charge is 0.374 e. The lowest BCUT2D eigenvalue weighted by molar-refractivity contribution is 0.546. The summed E-state index contributed by atoms with van der Waals surface area (Å²) in [6.45, 7) is 3.45. The minimum absolute atomic E-state index is 0.583. The van der Waals surface area contributed by atoms with Gasteiger partial charge in [-0.15, -0.1) is 0 Å². The second kappa shape index (κ2) is 4.49. The first kappa shape index (κ1) is 11.3. The minimum atomic E-state index is 0.583. The molecule has 0 N–H and O–H groups in total. The minimum Gasteiger partial charge on any atom is -0.374 e. The molecule has 1 heteroatoms. The Hall–Kier alpha value is -1.76. The van der Waals surface area contributed by atoms with E-state index in [1.165, 1.54) is 16.8 Å². The fourth-order valence-electron chi connectivity index (χ4n) is 3.08. The van der Waals surface area contributed by atoms with E-state index in [1.54, 1.807) is 0 Å². The summed E-state index contributed by atoms with van der Waals surface area (Å²) in [6.07, 6.45) is 0. The molecule has 1 aliphatic rings. The van der Waals surface area contributed by atoms with Crippen LogP contribution in [-0.4, -0.2) is 13.6 Å². The van der Waals surface area contributed by atoms with Crippen LogP contribution in [0.5, 0.6) is 0 Å². The average Bonchev–Trinajstić information content (AvgIpc) is 2.44. The fourth-order valence-corrected chi connectivity index (χ4v) is 3.08. The second-order valence-electron chi connectivity index (χ2n) is 5.25. The molecule has 2 aromatic rings. The summed E-state index contributed by atoms with van der Waals surface area (Å²) in [5.74, 6) is 1.17. The van der Waals surface area contributed by atoms with E-state index in [9.17, 15) is 0 Å². The predicted octanol–water partition coefficient (Wildman–Crippen LogP) is 4.02. The van der Waals surface area contributed by atoms with Gasteiger partial charge in [0.2, 0.25) is 0 Å². The van der Waals surface area contributed by atoms with Gasteiger partial charge in [-0.05, 0) is 23.1 Å². The smallest absolute Gasteiger partial charge is 0.0399 e. The molecule has 0 spiro atoms. The Morgan fingerprint density at radius 1 is 0.944 bits per heavy atom. The number of fused-ring (bicyclic) bond motifs is 1. The van der Waals surface area contributed by atoms with Crippen molar-refractivity contribution in [2.45, 2.75) is 18.8 Å². The SMILES string of the molecule is CC1c2ccccc2N(C)CC1c1ccccc1.